The Kier molecular flexibility index (Phi) is 4.03. The van der Waals surface area contributed by atoms with E-state index in [0.29, 0.717) is 17.9 Å². The fourth-order valence-corrected chi connectivity index (χ4v) is 1.89. The van der Waals surface area contributed by atoms with Crippen LogP contribution in [-0.2, 0) is 13.2 Å². The molecule has 0 radical (unpaired) electrons. The van der Waals surface area contributed by atoms with Gasteiger partial charge < -0.3 is 5.32 Å². The topological polar surface area (TPSA) is 42.2 Å². The number of nitrogens with zero attached hydrogens (tertiary/aromatic N) is 3. The van der Waals surface area contributed by atoms with Gasteiger partial charge in [0.25, 0.3) is 0 Å². The second-order valence-corrected chi connectivity index (χ2v) is 4.10. The molecule has 0 aromatic carbocycles. The number of halogens is 3. The molecular formula is C7H9F3N4S2. The Balaban J connectivity index is 3.07. The highest BCUT2D eigenvalue weighted by Crippen LogP contribution is 2.28. The molecule has 0 atom stereocenters. The molecule has 0 saturated carbocycles. The summed E-state index contributed by atoms with van der Waals surface area (Å²) >= 11 is 5.26. The standard InChI is InChI=1S/C7H9F3N4S2/c1-3-11-5(15)12-6-14(2)13-4(16-6)7(8,9)10/h3H2,1-2H3,(H,11,15)/b12-6+. The van der Waals surface area contributed by atoms with E-state index in [4.69, 9.17) is 12.2 Å². The van der Waals surface area contributed by atoms with Gasteiger partial charge in [-0.05, 0) is 19.1 Å². The molecule has 90 valence electrons. The number of hydrogen-bond donors (Lipinski definition) is 1. The molecule has 4 nitrogen and oxygen atoms in total. The molecule has 0 amide bonds. The Labute approximate surface area is 98.8 Å². The fourth-order valence-electron chi connectivity index (χ4n) is 0.839. The van der Waals surface area contributed by atoms with Crippen molar-refractivity contribution in [3.8, 4) is 0 Å². The van der Waals surface area contributed by atoms with Crippen molar-refractivity contribution in [2.75, 3.05) is 6.54 Å². The summed E-state index contributed by atoms with van der Waals surface area (Å²) in [6.07, 6.45) is -4.45. The third kappa shape index (κ3) is 3.27. The summed E-state index contributed by atoms with van der Waals surface area (Å²) in [7, 11) is 1.39. The van der Waals surface area contributed by atoms with Crippen molar-refractivity contribution >= 4 is 28.7 Å². The van der Waals surface area contributed by atoms with Crippen LogP contribution in [0.5, 0.6) is 0 Å². The predicted octanol–water partition coefficient (Wildman–Crippen LogP) is 1.30. The van der Waals surface area contributed by atoms with Crippen molar-refractivity contribution in [3.63, 3.8) is 0 Å². The molecule has 0 spiro atoms. The molecule has 0 unspecified atom stereocenters. The van der Waals surface area contributed by atoms with Crippen LogP contribution in [0.25, 0.3) is 0 Å². The lowest BCUT2D eigenvalue weighted by Gasteiger charge is -1.97. The molecule has 0 aliphatic rings. The minimum absolute atomic E-state index is 0.110. The fraction of sp³-hybridized carbons (Fsp3) is 0.571. The first-order chi connectivity index (χ1) is 7.34. The maximum atomic E-state index is 12.3. The van der Waals surface area contributed by atoms with Gasteiger partial charge in [-0.1, -0.05) is 11.3 Å². The van der Waals surface area contributed by atoms with Gasteiger partial charge in [0, 0.05) is 13.6 Å². The zero-order valence-corrected chi connectivity index (χ0v) is 10.1. The van der Waals surface area contributed by atoms with Gasteiger partial charge in [0.05, 0.1) is 0 Å². The van der Waals surface area contributed by atoms with E-state index < -0.39 is 11.2 Å². The molecular weight excluding hydrogens is 261 g/mol. The van der Waals surface area contributed by atoms with Gasteiger partial charge in [-0.25, -0.2) is 4.68 Å². The summed E-state index contributed by atoms with van der Waals surface area (Å²) in [6.45, 7) is 2.38. The zero-order valence-electron chi connectivity index (χ0n) is 8.50. The van der Waals surface area contributed by atoms with E-state index in [1.807, 2.05) is 6.92 Å². The summed E-state index contributed by atoms with van der Waals surface area (Å²) in [4.78, 5) is 3.93. The molecule has 16 heavy (non-hydrogen) atoms. The first kappa shape index (κ1) is 13.1. The van der Waals surface area contributed by atoms with E-state index in [9.17, 15) is 13.2 Å². The Morgan fingerprint density at radius 2 is 2.25 bits per heavy atom. The molecule has 9 heteroatoms. The molecule has 1 N–H and O–H groups in total. The van der Waals surface area contributed by atoms with E-state index in [2.05, 4.69) is 15.4 Å². The lowest BCUT2D eigenvalue weighted by molar-refractivity contribution is -0.138. The van der Waals surface area contributed by atoms with Crippen LogP contribution in [-0.4, -0.2) is 21.4 Å². The maximum Gasteiger partial charge on any atom is 0.445 e. The summed E-state index contributed by atoms with van der Waals surface area (Å²) in [5.74, 6) is 0. The minimum Gasteiger partial charge on any atom is -0.361 e. The van der Waals surface area contributed by atoms with Crippen LogP contribution >= 0.6 is 23.6 Å². The van der Waals surface area contributed by atoms with Gasteiger partial charge in [0.15, 0.2) is 5.11 Å². The third-order valence-corrected chi connectivity index (χ3v) is 2.75. The van der Waals surface area contributed by atoms with Crippen molar-refractivity contribution in [2.45, 2.75) is 13.1 Å². The lowest BCUT2D eigenvalue weighted by Crippen LogP contribution is -2.23. The number of hydrogen-bond acceptors (Lipinski definition) is 3. The van der Waals surface area contributed by atoms with Gasteiger partial charge >= 0.3 is 6.18 Å². The molecule has 0 aliphatic carbocycles. The highest BCUT2D eigenvalue weighted by atomic mass is 32.1. The van der Waals surface area contributed by atoms with Gasteiger partial charge in [0.1, 0.15) is 0 Å². The number of thiocarbonyl (C=S) groups is 1. The lowest BCUT2D eigenvalue weighted by atomic mass is 10.7. The largest absolute Gasteiger partial charge is 0.445 e. The van der Waals surface area contributed by atoms with Gasteiger partial charge in [-0.2, -0.15) is 23.3 Å². The summed E-state index contributed by atoms with van der Waals surface area (Å²) < 4.78 is 38.0. The molecule has 1 heterocycles. The monoisotopic (exact) mass is 270 g/mol. The Bertz CT molecular complexity index is 445. The third-order valence-electron chi connectivity index (χ3n) is 1.47. The average molecular weight is 270 g/mol. The van der Waals surface area contributed by atoms with Crippen LogP contribution in [0.3, 0.4) is 0 Å². The quantitative estimate of drug-likeness (QED) is 0.782. The number of rotatable bonds is 1. The number of aryl methyl sites for hydroxylation is 1. The number of nitrogens with one attached hydrogen (secondary N) is 1. The van der Waals surface area contributed by atoms with E-state index in [0.717, 1.165) is 4.68 Å². The number of alkyl halides is 3. The van der Waals surface area contributed by atoms with Crippen molar-refractivity contribution in [3.05, 3.63) is 9.81 Å². The van der Waals surface area contributed by atoms with E-state index >= 15 is 0 Å². The summed E-state index contributed by atoms with van der Waals surface area (Å²) in [6, 6.07) is 0. The Morgan fingerprint density at radius 1 is 1.62 bits per heavy atom. The van der Waals surface area contributed by atoms with Crippen LogP contribution in [0, 0.1) is 0 Å². The Hall–Kier alpha value is -0.960. The van der Waals surface area contributed by atoms with Crippen molar-refractivity contribution in [1.82, 2.24) is 15.1 Å². The normalized spacial score (nSPS) is 12.9. The van der Waals surface area contributed by atoms with Crippen LogP contribution in [0.2, 0.25) is 0 Å². The van der Waals surface area contributed by atoms with Crippen LogP contribution in [0.1, 0.15) is 11.9 Å². The molecule has 1 aromatic rings. The van der Waals surface area contributed by atoms with Gasteiger partial charge in [0.2, 0.25) is 9.81 Å². The van der Waals surface area contributed by atoms with Crippen molar-refractivity contribution in [2.24, 2.45) is 12.0 Å². The van der Waals surface area contributed by atoms with Crippen LogP contribution in [0.4, 0.5) is 13.2 Å². The highest BCUT2D eigenvalue weighted by molar-refractivity contribution is 7.80. The molecule has 0 fully saturated rings. The maximum absolute atomic E-state index is 12.3. The van der Waals surface area contributed by atoms with E-state index in [-0.39, 0.29) is 9.91 Å². The highest BCUT2D eigenvalue weighted by Gasteiger charge is 2.35. The Morgan fingerprint density at radius 3 is 2.69 bits per heavy atom. The van der Waals surface area contributed by atoms with Gasteiger partial charge in [-0.15, -0.1) is 0 Å². The minimum atomic E-state index is -4.45. The first-order valence-corrected chi connectivity index (χ1v) is 5.51. The van der Waals surface area contributed by atoms with E-state index in [1.54, 1.807) is 0 Å². The molecule has 0 aliphatic heterocycles. The predicted molar refractivity (Wildman–Crippen MR) is 57.9 cm³/mol. The summed E-state index contributed by atoms with van der Waals surface area (Å²) in [5.41, 5.74) is 0. The van der Waals surface area contributed by atoms with Crippen LogP contribution < -0.4 is 10.1 Å². The van der Waals surface area contributed by atoms with Crippen molar-refractivity contribution < 1.29 is 13.2 Å². The smallest absolute Gasteiger partial charge is 0.361 e. The molecule has 0 saturated heterocycles. The second-order valence-electron chi connectivity index (χ2n) is 2.76. The number of aromatic nitrogens is 2. The first-order valence-electron chi connectivity index (χ1n) is 4.28. The van der Waals surface area contributed by atoms with E-state index in [1.165, 1.54) is 7.05 Å². The second kappa shape index (κ2) is 4.91. The molecule has 1 aromatic heterocycles. The zero-order chi connectivity index (χ0) is 12.3. The van der Waals surface area contributed by atoms with Gasteiger partial charge in [-0.3, -0.25) is 0 Å². The van der Waals surface area contributed by atoms with Crippen LogP contribution in [0.15, 0.2) is 4.99 Å². The van der Waals surface area contributed by atoms with Crippen molar-refractivity contribution in [1.29, 1.82) is 0 Å². The SMILES string of the molecule is CCNC(=S)/N=c1/sc(C(F)(F)F)nn1C. The average Bonchev–Trinajstić information content (AvgIpc) is 2.47. The molecule has 1 rings (SSSR count). The molecule has 0 bridgehead atoms. The summed E-state index contributed by atoms with van der Waals surface area (Å²) in [5, 5.41) is 5.25.